The Hall–Kier alpha value is -0.560. The minimum absolute atomic E-state index is 0.0729. The SMILES string of the molecule is CC1(C)OC[C@@H]([C@H](O)[C@@H](O)[C@@H]2COC(C)(C)O2)O1.COC(C)(C)CO.OC[C@H](O)[C@H](O)[C@@H](O)[C@@H](O)CO. The van der Waals surface area contributed by atoms with Crippen LogP contribution < -0.4 is 0 Å². The Morgan fingerprint density at radius 3 is 1.22 bits per heavy atom. The third-order valence-electron chi connectivity index (χ3n) is 5.62. The molecule has 2 aliphatic rings. The predicted molar refractivity (Wildman–Crippen MR) is 128 cm³/mol. The molecule has 0 saturated carbocycles. The van der Waals surface area contributed by atoms with Crippen LogP contribution in [0.25, 0.3) is 0 Å². The number of ether oxygens (including phenoxy) is 5. The zero-order valence-corrected chi connectivity index (χ0v) is 22.7. The van der Waals surface area contributed by atoms with E-state index in [0.29, 0.717) is 0 Å². The van der Waals surface area contributed by atoms with Crippen molar-refractivity contribution in [2.45, 2.75) is 108 Å². The Labute approximate surface area is 217 Å². The van der Waals surface area contributed by atoms with E-state index >= 15 is 0 Å². The Morgan fingerprint density at radius 2 is 1.05 bits per heavy atom. The number of methoxy groups -OCH3 is 1. The Morgan fingerprint density at radius 1 is 0.730 bits per heavy atom. The first-order valence-electron chi connectivity index (χ1n) is 12.0. The molecule has 2 saturated heterocycles. The third kappa shape index (κ3) is 12.9. The molecule has 0 aromatic carbocycles. The maximum atomic E-state index is 10.1. The molecular weight excluding hydrogens is 500 g/mol. The monoisotopic (exact) mass is 548 g/mol. The van der Waals surface area contributed by atoms with Gasteiger partial charge in [0, 0.05) is 7.11 Å². The van der Waals surface area contributed by atoms with Crippen LogP contribution >= 0.6 is 0 Å². The van der Waals surface area contributed by atoms with Gasteiger partial charge in [0.25, 0.3) is 0 Å². The summed E-state index contributed by atoms with van der Waals surface area (Å²) in [6.07, 6.45) is -9.62. The average Bonchev–Trinajstić information content (AvgIpc) is 3.42. The van der Waals surface area contributed by atoms with Gasteiger partial charge < -0.3 is 69.6 Å². The van der Waals surface area contributed by atoms with E-state index in [4.69, 9.17) is 59.4 Å². The molecular formula is C23H48O14. The van der Waals surface area contributed by atoms with Gasteiger partial charge in [0.15, 0.2) is 11.6 Å². The molecule has 37 heavy (non-hydrogen) atoms. The third-order valence-corrected chi connectivity index (χ3v) is 5.62. The van der Waals surface area contributed by atoms with Crippen molar-refractivity contribution in [3.05, 3.63) is 0 Å². The van der Waals surface area contributed by atoms with Crippen molar-refractivity contribution in [3.8, 4) is 0 Å². The molecule has 14 heteroatoms. The second-order valence-electron chi connectivity index (χ2n) is 10.3. The van der Waals surface area contributed by atoms with Gasteiger partial charge in [-0.25, -0.2) is 0 Å². The van der Waals surface area contributed by atoms with Gasteiger partial charge in [-0.3, -0.25) is 0 Å². The normalized spacial score (nSPS) is 27.6. The summed E-state index contributed by atoms with van der Waals surface area (Å²) in [5, 5.41) is 80.8. The maximum Gasteiger partial charge on any atom is 0.163 e. The topological polar surface area (TPSA) is 228 Å². The number of rotatable bonds is 10. The lowest BCUT2D eigenvalue weighted by Gasteiger charge is -2.27. The summed E-state index contributed by atoms with van der Waals surface area (Å²) in [7, 11) is 1.58. The van der Waals surface area contributed by atoms with Gasteiger partial charge >= 0.3 is 0 Å². The van der Waals surface area contributed by atoms with Crippen LogP contribution in [0.15, 0.2) is 0 Å². The van der Waals surface area contributed by atoms with Crippen LogP contribution in [0, 0.1) is 0 Å². The summed E-state index contributed by atoms with van der Waals surface area (Å²) in [5.74, 6) is -1.45. The maximum absolute atomic E-state index is 10.1. The summed E-state index contributed by atoms with van der Waals surface area (Å²) in [4.78, 5) is 0. The molecule has 0 aliphatic carbocycles. The fraction of sp³-hybridized carbons (Fsp3) is 1.00. The fourth-order valence-electron chi connectivity index (χ4n) is 2.94. The molecule has 14 nitrogen and oxygen atoms in total. The molecule has 0 aromatic heterocycles. The van der Waals surface area contributed by atoms with Crippen LogP contribution in [0.4, 0.5) is 0 Å². The summed E-state index contributed by atoms with van der Waals surface area (Å²) < 4.78 is 26.6. The number of hydrogen-bond acceptors (Lipinski definition) is 14. The van der Waals surface area contributed by atoms with Crippen molar-refractivity contribution in [2.75, 3.05) is 40.1 Å². The molecule has 0 amide bonds. The van der Waals surface area contributed by atoms with Crippen LogP contribution in [0.1, 0.15) is 41.5 Å². The highest BCUT2D eigenvalue weighted by Gasteiger charge is 2.45. The van der Waals surface area contributed by atoms with Crippen molar-refractivity contribution < 1.29 is 69.6 Å². The minimum atomic E-state index is -1.67. The molecule has 8 atom stereocenters. The summed E-state index contributed by atoms with van der Waals surface area (Å²) in [6.45, 7) is 9.85. The number of hydrogen-bond donors (Lipinski definition) is 9. The standard InChI is InChI=1S/C12H22O6.C6H14O6.C5H12O2/c1-11(2)15-5-7(17-11)9(13)10(14)8-6-16-12(3,4)18-8;7-1-3(9)5(11)6(12)4(10)2-8;1-5(2,4-6)7-3/h7-10,13-14H,5-6H2,1-4H3;3-12H,1-2H2;6H,4H2,1-3H3/t7-,8-,9-,10-;3-,4-,5-,6-;/m00./s1. The zero-order valence-electron chi connectivity index (χ0n) is 22.7. The summed E-state index contributed by atoms with van der Waals surface area (Å²) in [6, 6.07) is 0. The van der Waals surface area contributed by atoms with Gasteiger partial charge in [-0.05, 0) is 41.5 Å². The molecule has 224 valence electrons. The van der Waals surface area contributed by atoms with E-state index in [2.05, 4.69) is 0 Å². The molecule has 0 radical (unpaired) electrons. The van der Waals surface area contributed by atoms with Gasteiger partial charge in [0.2, 0.25) is 0 Å². The van der Waals surface area contributed by atoms with Crippen LogP contribution in [0.3, 0.4) is 0 Å². The highest BCUT2D eigenvalue weighted by atomic mass is 16.8. The molecule has 2 rings (SSSR count). The fourth-order valence-corrected chi connectivity index (χ4v) is 2.94. The molecule has 9 N–H and O–H groups in total. The van der Waals surface area contributed by atoms with Crippen molar-refractivity contribution in [1.29, 1.82) is 0 Å². The first kappa shape index (κ1) is 36.4. The number of aliphatic hydroxyl groups is 9. The van der Waals surface area contributed by atoms with E-state index in [0.717, 1.165) is 0 Å². The van der Waals surface area contributed by atoms with Gasteiger partial charge in [-0.15, -0.1) is 0 Å². The van der Waals surface area contributed by atoms with Crippen molar-refractivity contribution >= 4 is 0 Å². The lowest BCUT2D eigenvalue weighted by molar-refractivity contribution is -0.183. The minimum Gasteiger partial charge on any atom is -0.394 e. The van der Waals surface area contributed by atoms with E-state index in [1.54, 1.807) is 34.8 Å². The second-order valence-corrected chi connectivity index (χ2v) is 10.3. The first-order chi connectivity index (χ1) is 16.9. The quantitative estimate of drug-likeness (QED) is 0.131. The van der Waals surface area contributed by atoms with Gasteiger partial charge in [0.1, 0.15) is 48.8 Å². The Bertz CT molecular complexity index is 566. The Kier molecular flexibility index (Phi) is 15.6. The average molecular weight is 549 g/mol. The molecule has 0 unspecified atom stereocenters. The van der Waals surface area contributed by atoms with E-state index < -0.39 is 73.6 Å². The first-order valence-corrected chi connectivity index (χ1v) is 12.0. The van der Waals surface area contributed by atoms with Crippen LogP contribution in [-0.2, 0) is 23.7 Å². The summed E-state index contributed by atoms with van der Waals surface area (Å²) >= 11 is 0. The Balaban J connectivity index is 0.000000590. The van der Waals surface area contributed by atoms with Crippen molar-refractivity contribution in [3.63, 3.8) is 0 Å². The molecule has 0 aromatic rings. The van der Waals surface area contributed by atoms with Crippen molar-refractivity contribution in [2.24, 2.45) is 0 Å². The van der Waals surface area contributed by atoms with E-state index in [1.807, 2.05) is 13.8 Å². The van der Waals surface area contributed by atoms with E-state index in [9.17, 15) is 10.2 Å². The van der Waals surface area contributed by atoms with Gasteiger partial charge in [-0.1, -0.05) is 0 Å². The molecule has 2 heterocycles. The van der Waals surface area contributed by atoms with Gasteiger partial charge in [0.05, 0.1) is 38.6 Å². The molecule has 0 spiro atoms. The summed E-state index contributed by atoms with van der Waals surface area (Å²) in [5.41, 5.74) is -0.361. The van der Waals surface area contributed by atoms with E-state index in [1.165, 1.54) is 0 Å². The smallest absolute Gasteiger partial charge is 0.163 e. The number of aliphatic hydroxyl groups excluding tert-OH is 9. The zero-order chi connectivity index (χ0) is 29.2. The molecule has 0 bridgehead atoms. The lowest BCUT2D eigenvalue weighted by Crippen LogP contribution is -2.47. The van der Waals surface area contributed by atoms with Crippen LogP contribution in [-0.4, -0.2) is 152 Å². The van der Waals surface area contributed by atoms with Crippen LogP contribution in [0.2, 0.25) is 0 Å². The van der Waals surface area contributed by atoms with Gasteiger partial charge in [-0.2, -0.15) is 0 Å². The largest absolute Gasteiger partial charge is 0.394 e. The highest BCUT2D eigenvalue weighted by molar-refractivity contribution is 4.89. The highest BCUT2D eigenvalue weighted by Crippen LogP contribution is 2.29. The van der Waals surface area contributed by atoms with Crippen LogP contribution in [0.5, 0.6) is 0 Å². The van der Waals surface area contributed by atoms with Crippen molar-refractivity contribution in [1.82, 2.24) is 0 Å². The molecule has 2 fully saturated rings. The molecule has 2 aliphatic heterocycles. The second kappa shape index (κ2) is 15.9. The van der Waals surface area contributed by atoms with E-state index in [-0.39, 0.29) is 25.4 Å². The predicted octanol–water partition coefficient (Wildman–Crippen LogP) is -3.17. The lowest BCUT2D eigenvalue weighted by atomic mass is 10.0.